The average Bonchev–Trinajstić information content (AvgIpc) is 2.38. The molecular weight excluding hydrogens is 268 g/mol. The van der Waals surface area contributed by atoms with Crippen molar-refractivity contribution in [2.24, 2.45) is 0 Å². The summed E-state index contributed by atoms with van der Waals surface area (Å²) in [5.74, 6) is 0. The highest BCUT2D eigenvalue weighted by Gasteiger charge is 2.13. The SMILES string of the molecule is COCCNC(=S)N(C)C(C)c1ccc(Cl)cc1. The van der Waals surface area contributed by atoms with E-state index in [2.05, 4.69) is 12.2 Å². The second-order valence-corrected chi connectivity index (χ2v) is 4.89. The van der Waals surface area contributed by atoms with Crippen LogP contribution in [0.4, 0.5) is 0 Å². The van der Waals surface area contributed by atoms with Crippen LogP contribution in [0.25, 0.3) is 0 Å². The molecule has 0 saturated heterocycles. The molecule has 1 rings (SSSR count). The third kappa shape index (κ3) is 4.44. The second kappa shape index (κ2) is 7.56. The Bertz CT molecular complexity index is 383. The van der Waals surface area contributed by atoms with E-state index in [1.165, 1.54) is 5.56 Å². The van der Waals surface area contributed by atoms with Gasteiger partial charge < -0.3 is 15.0 Å². The van der Waals surface area contributed by atoms with Gasteiger partial charge in [-0.05, 0) is 36.8 Å². The van der Waals surface area contributed by atoms with Crippen molar-refractivity contribution in [3.8, 4) is 0 Å². The number of hydrogen-bond donors (Lipinski definition) is 1. The number of benzene rings is 1. The highest BCUT2D eigenvalue weighted by Crippen LogP contribution is 2.20. The van der Waals surface area contributed by atoms with Crippen molar-refractivity contribution in [3.05, 3.63) is 34.9 Å². The molecule has 1 atom stereocenters. The van der Waals surface area contributed by atoms with E-state index in [4.69, 9.17) is 28.6 Å². The zero-order chi connectivity index (χ0) is 13.5. The van der Waals surface area contributed by atoms with Gasteiger partial charge in [0.05, 0.1) is 12.6 Å². The molecule has 0 aliphatic heterocycles. The van der Waals surface area contributed by atoms with Crippen molar-refractivity contribution in [1.82, 2.24) is 10.2 Å². The van der Waals surface area contributed by atoms with E-state index in [0.29, 0.717) is 13.2 Å². The topological polar surface area (TPSA) is 24.5 Å². The van der Waals surface area contributed by atoms with Crippen LogP contribution in [0.15, 0.2) is 24.3 Å². The van der Waals surface area contributed by atoms with Crippen molar-refractivity contribution < 1.29 is 4.74 Å². The number of thiocarbonyl (C=S) groups is 1. The van der Waals surface area contributed by atoms with E-state index in [1.54, 1.807) is 7.11 Å². The molecule has 3 nitrogen and oxygen atoms in total. The Labute approximate surface area is 119 Å². The number of ether oxygens (including phenoxy) is 1. The van der Waals surface area contributed by atoms with Crippen LogP contribution >= 0.6 is 23.8 Å². The lowest BCUT2D eigenvalue weighted by Crippen LogP contribution is -2.39. The maximum absolute atomic E-state index is 5.88. The van der Waals surface area contributed by atoms with Gasteiger partial charge in [-0.3, -0.25) is 0 Å². The monoisotopic (exact) mass is 286 g/mol. The third-order valence-electron chi connectivity index (χ3n) is 2.84. The number of nitrogens with one attached hydrogen (secondary N) is 1. The summed E-state index contributed by atoms with van der Waals surface area (Å²) < 4.78 is 4.97. The Kier molecular flexibility index (Phi) is 6.39. The van der Waals surface area contributed by atoms with Crippen LogP contribution in [0, 0.1) is 0 Å². The maximum atomic E-state index is 5.88. The molecule has 0 amide bonds. The lowest BCUT2D eigenvalue weighted by molar-refractivity contribution is 0.202. The molecule has 1 unspecified atom stereocenters. The summed E-state index contributed by atoms with van der Waals surface area (Å²) in [6, 6.07) is 8.01. The molecule has 100 valence electrons. The van der Waals surface area contributed by atoms with Crippen LogP contribution in [0.1, 0.15) is 18.5 Å². The first-order chi connectivity index (χ1) is 8.56. The molecule has 0 bridgehead atoms. The minimum atomic E-state index is 0.199. The summed E-state index contributed by atoms with van der Waals surface area (Å²) in [7, 11) is 3.65. The molecule has 1 N–H and O–H groups in total. The molecule has 0 spiro atoms. The van der Waals surface area contributed by atoms with Gasteiger partial charge in [-0.2, -0.15) is 0 Å². The first kappa shape index (κ1) is 15.2. The lowest BCUT2D eigenvalue weighted by Gasteiger charge is -2.28. The Morgan fingerprint density at radius 2 is 2.06 bits per heavy atom. The predicted octanol–water partition coefficient (Wildman–Crippen LogP) is 2.85. The summed E-state index contributed by atoms with van der Waals surface area (Å²) in [6.45, 7) is 3.46. The summed E-state index contributed by atoms with van der Waals surface area (Å²) in [4.78, 5) is 2.02. The predicted molar refractivity (Wildman–Crippen MR) is 80.1 cm³/mol. The fourth-order valence-electron chi connectivity index (χ4n) is 1.53. The second-order valence-electron chi connectivity index (χ2n) is 4.06. The van der Waals surface area contributed by atoms with Crippen molar-refractivity contribution in [1.29, 1.82) is 0 Å². The number of methoxy groups -OCH3 is 1. The van der Waals surface area contributed by atoms with Gasteiger partial charge in [0.2, 0.25) is 0 Å². The Morgan fingerprint density at radius 1 is 1.44 bits per heavy atom. The molecule has 1 aromatic carbocycles. The Balaban J connectivity index is 2.57. The molecule has 0 aromatic heterocycles. The number of hydrogen-bond acceptors (Lipinski definition) is 2. The lowest BCUT2D eigenvalue weighted by atomic mass is 10.1. The fourth-order valence-corrected chi connectivity index (χ4v) is 1.91. The van der Waals surface area contributed by atoms with Crippen molar-refractivity contribution in [3.63, 3.8) is 0 Å². The number of nitrogens with zero attached hydrogens (tertiary/aromatic N) is 1. The largest absolute Gasteiger partial charge is 0.383 e. The quantitative estimate of drug-likeness (QED) is 0.664. The molecular formula is C13H19ClN2OS. The molecule has 1 aromatic rings. The molecule has 0 saturated carbocycles. The van der Waals surface area contributed by atoms with Crippen LogP contribution in [-0.2, 0) is 4.74 Å². The molecule has 0 heterocycles. The van der Waals surface area contributed by atoms with Crippen molar-refractivity contribution >= 4 is 28.9 Å². The first-order valence-corrected chi connectivity index (χ1v) is 6.60. The molecule has 18 heavy (non-hydrogen) atoms. The highest BCUT2D eigenvalue weighted by molar-refractivity contribution is 7.80. The van der Waals surface area contributed by atoms with Crippen molar-refractivity contribution in [2.45, 2.75) is 13.0 Å². The van der Waals surface area contributed by atoms with Gasteiger partial charge in [0, 0.05) is 25.7 Å². The average molecular weight is 287 g/mol. The zero-order valence-corrected chi connectivity index (χ0v) is 12.5. The van der Waals surface area contributed by atoms with E-state index in [0.717, 1.165) is 10.1 Å². The van der Waals surface area contributed by atoms with Crippen LogP contribution in [-0.4, -0.2) is 37.3 Å². The van der Waals surface area contributed by atoms with Gasteiger partial charge in [-0.15, -0.1) is 0 Å². The fraction of sp³-hybridized carbons (Fsp3) is 0.462. The van der Waals surface area contributed by atoms with Gasteiger partial charge in [0.25, 0.3) is 0 Å². The molecule has 0 aliphatic carbocycles. The normalized spacial score (nSPS) is 12.0. The van der Waals surface area contributed by atoms with E-state index >= 15 is 0 Å². The molecule has 5 heteroatoms. The van der Waals surface area contributed by atoms with Crippen LogP contribution in [0.5, 0.6) is 0 Å². The van der Waals surface area contributed by atoms with Gasteiger partial charge >= 0.3 is 0 Å². The van der Waals surface area contributed by atoms with Gasteiger partial charge in [-0.25, -0.2) is 0 Å². The van der Waals surface area contributed by atoms with Crippen LogP contribution < -0.4 is 5.32 Å². The van der Waals surface area contributed by atoms with Gasteiger partial charge in [0.15, 0.2) is 5.11 Å². The third-order valence-corrected chi connectivity index (χ3v) is 3.52. The van der Waals surface area contributed by atoms with Gasteiger partial charge in [-0.1, -0.05) is 23.7 Å². The minimum absolute atomic E-state index is 0.199. The van der Waals surface area contributed by atoms with Crippen molar-refractivity contribution in [2.75, 3.05) is 27.3 Å². The van der Waals surface area contributed by atoms with Crippen LogP contribution in [0.3, 0.4) is 0 Å². The summed E-state index contributed by atoms with van der Waals surface area (Å²) >= 11 is 11.2. The standard InChI is InChI=1S/C13H19ClN2OS/c1-10(11-4-6-12(14)7-5-11)16(2)13(18)15-8-9-17-3/h4-7,10H,8-9H2,1-3H3,(H,15,18). The van der Waals surface area contributed by atoms with E-state index in [9.17, 15) is 0 Å². The van der Waals surface area contributed by atoms with E-state index in [-0.39, 0.29) is 6.04 Å². The number of halogens is 1. The summed E-state index contributed by atoms with van der Waals surface area (Å²) in [5, 5.41) is 4.61. The number of rotatable bonds is 5. The smallest absolute Gasteiger partial charge is 0.169 e. The summed E-state index contributed by atoms with van der Waals surface area (Å²) in [5.41, 5.74) is 1.18. The van der Waals surface area contributed by atoms with Crippen LogP contribution in [0.2, 0.25) is 5.02 Å². The molecule has 0 aliphatic rings. The first-order valence-electron chi connectivity index (χ1n) is 5.81. The minimum Gasteiger partial charge on any atom is -0.383 e. The maximum Gasteiger partial charge on any atom is 0.169 e. The zero-order valence-electron chi connectivity index (χ0n) is 10.9. The highest BCUT2D eigenvalue weighted by atomic mass is 35.5. The van der Waals surface area contributed by atoms with E-state index < -0.39 is 0 Å². The Hall–Kier alpha value is -0.840. The van der Waals surface area contributed by atoms with Gasteiger partial charge in [0.1, 0.15) is 0 Å². The summed E-state index contributed by atoms with van der Waals surface area (Å²) in [6.07, 6.45) is 0. The molecule has 0 radical (unpaired) electrons. The molecule has 0 fully saturated rings. The van der Waals surface area contributed by atoms with E-state index in [1.807, 2.05) is 36.2 Å². The Morgan fingerprint density at radius 3 is 2.61 bits per heavy atom.